The molecule has 0 fully saturated rings. The fraction of sp³-hybridized carbons (Fsp3) is 0.143. The third-order valence-electron chi connectivity index (χ3n) is 4.24. The Morgan fingerprint density at radius 1 is 1.23 bits per heavy atom. The van der Waals surface area contributed by atoms with E-state index in [1.165, 1.54) is 23.1 Å². The minimum absolute atomic E-state index is 0.159. The molecule has 1 N–H and O–H groups in total. The lowest BCUT2D eigenvalue weighted by atomic mass is 10.2. The molecule has 31 heavy (non-hydrogen) atoms. The Kier molecular flexibility index (Phi) is 6.55. The maximum Gasteiger partial charge on any atom is 0.236 e. The number of amides is 1. The first-order chi connectivity index (χ1) is 15.0. The predicted molar refractivity (Wildman–Crippen MR) is 125 cm³/mol. The second kappa shape index (κ2) is 9.51. The van der Waals surface area contributed by atoms with Crippen LogP contribution >= 0.6 is 34.7 Å². The first-order valence-corrected chi connectivity index (χ1v) is 11.5. The van der Waals surface area contributed by atoms with E-state index in [-0.39, 0.29) is 11.7 Å². The highest BCUT2D eigenvalue weighted by molar-refractivity contribution is 7.99. The van der Waals surface area contributed by atoms with Crippen molar-refractivity contribution in [3.8, 4) is 22.8 Å². The molecule has 1 amide bonds. The molecule has 0 saturated heterocycles. The standard InChI is InChI=1S/C21H18ClN5O2S2/c1-13-11-30-20(23-13)24-18(28)12-31-21-26-25-19(14-4-3-5-17(10-14)29-2)27(21)16-8-6-15(22)7-9-16/h3-11H,12H2,1-2H3,(H,23,24,28). The average molecular weight is 472 g/mol. The number of halogens is 1. The van der Waals surface area contributed by atoms with Crippen LogP contribution in [0.3, 0.4) is 0 Å². The minimum Gasteiger partial charge on any atom is -0.497 e. The average Bonchev–Trinajstić information content (AvgIpc) is 3.39. The summed E-state index contributed by atoms with van der Waals surface area (Å²) in [4.78, 5) is 16.7. The van der Waals surface area contributed by atoms with Crippen molar-refractivity contribution in [2.24, 2.45) is 0 Å². The molecule has 4 rings (SSSR count). The van der Waals surface area contributed by atoms with Gasteiger partial charge in [0.15, 0.2) is 16.1 Å². The second-order valence-corrected chi connectivity index (χ2v) is 8.72. The van der Waals surface area contributed by atoms with Crippen LogP contribution in [0.5, 0.6) is 5.75 Å². The number of aryl methyl sites for hydroxylation is 1. The summed E-state index contributed by atoms with van der Waals surface area (Å²) >= 11 is 8.76. The van der Waals surface area contributed by atoms with Crippen molar-refractivity contribution in [1.29, 1.82) is 0 Å². The van der Waals surface area contributed by atoms with Crippen molar-refractivity contribution in [3.05, 3.63) is 64.6 Å². The van der Waals surface area contributed by atoms with Crippen LogP contribution in [0.15, 0.2) is 59.1 Å². The third kappa shape index (κ3) is 5.07. The Hall–Kier alpha value is -2.88. The molecule has 0 unspecified atom stereocenters. The van der Waals surface area contributed by atoms with Gasteiger partial charge in [0.05, 0.1) is 18.6 Å². The number of anilines is 1. The number of carbonyl (C=O) groups is 1. The van der Waals surface area contributed by atoms with E-state index in [1.54, 1.807) is 19.2 Å². The SMILES string of the molecule is COc1cccc(-c2nnc(SCC(=O)Nc3nc(C)cs3)n2-c2ccc(Cl)cc2)c1. The minimum atomic E-state index is -0.159. The van der Waals surface area contributed by atoms with E-state index in [9.17, 15) is 4.79 Å². The highest BCUT2D eigenvalue weighted by Crippen LogP contribution is 2.30. The molecule has 7 nitrogen and oxygen atoms in total. The largest absolute Gasteiger partial charge is 0.497 e. The van der Waals surface area contributed by atoms with Gasteiger partial charge in [0.25, 0.3) is 0 Å². The molecule has 2 aromatic heterocycles. The Morgan fingerprint density at radius 2 is 2.03 bits per heavy atom. The first-order valence-electron chi connectivity index (χ1n) is 9.24. The summed E-state index contributed by atoms with van der Waals surface area (Å²) in [6.45, 7) is 1.88. The van der Waals surface area contributed by atoms with E-state index in [0.29, 0.717) is 21.1 Å². The van der Waals surface area contributed by atoms with Crippen LogP contribution in [-0.2, 0) is 4.79 Å². The molecule has 0 aliphatic heterocycles. The number of hydrogen-bond acceptors (Lipinski definition) is 7. The molecule has 0 radical (unpaired) electrons. The van der Waals surface area contributed by atoms with E-state index in [2.05, 4.69) is 20.5 Å². The van der Waals surface area contributed by atoms with Crippen molar-refractivity contribution in [3.63, 3.8) is 0 Å². The molecule has 10 heteroatoms. The van der Waals surface area contributed by atoms with E-state index in [1.807, 2.05) is 53.3 Å². The molecule has 0 aliphatic carbocycles. The van der Waals surface area contributed by atoms with Gasteiger partial charge in [-0.2, -0.15) is 0 Å². The number of carbonyl (C=O) groups excluding carboxylic acids is 1. The number of nitrogens with one attached hydrogen (secondary N) is 1. The normalized spacial score (nSPS) is 10.8. The van der Waals surface area contributed by atoms with Gasteiger partial charge in [-0.05, 0) is 43.3 Å². The Labute approximate surface area is 192 Å². The summed E-state index contributed by atoms with van der Waals surface area (Å²) in [6, 6.07) is 15.0. The van der Waals surface area contributed by atoms with Gasteiger partial charge in [-0.3, -0.25) is 9.36 Å². The molecule has 0 aliphatic rings. The number of aromatic nitrogens is 4. The van der Waals surface area contributed by atoms with E-state index in [4.69, 9.17) is 16.3 Å². The lowest BCUT2D eigenvalue weighted by Gasteiger charge is -2.11. The maximum atomic E-state index is 12.4. The van der Waals surface area contributed by atoms with Crippen molar-refractivity contribution in [2.75, 3.05) is 18.2 Å². The van der Waals surface area contributed by atoms with Gasteiger partial charge in [-0.25, -0.2) is 4.98 Å². The van der Waals surface area contributed by atoms with Gasteiger partial charge in [0.1, 0.15) is 5.75 Å². The highest BCUT2D eigenvalue weighted by atomic mass is 35.5. The number of rotatable bonds is 7. The molecule has 2 heterocycles. The molecule has 0 bridgehead atoms. The predicted octanol–water partition coefficient (Wildman–Crippen LogP) is 5.09. The van der Waals surface area contributed by atoms with Crippen LogP contribution in [0.25, 0.3) is 17.1 Å². The van der Waals surface area contributed by atoms with Gasteiger partial charge < -0.3 is 10.1 Å². The summed E-state index contributed by atoms with van der Waals surface area (Å²) in [5.74, 6) is 1.37. The van der Waals surface area contributed by atoms with Gasteiger partial charge in [-0.1, -0.05) is 35.5 Å². The van der Waals surface area contributed by atoms with Gasteiger partial charge >= 0.3 is 0 Å². The van der Waals surface area contributed by atoms with Gasteiger partial charge in [-0.15, -0.1) is 21.5 Å². The van der Waals surface area contributed by atoms with Crippen molar-refractivity contribution in [1.82, 2.24) is 19.7 Å². The summed E-state index contributed by atoms with van der Waals surface area (Å²) in [5, 5.41) is 15.2. The van der Waals surface area contributed by atoms with Gasteiger partial charge in [0.2, 0.25) is 5.91 Å². The fourth-order valence-corrected chi connectivity index (χ4v) is 4.41. The number of thioether (sulfide) groups is 1. The fourth-order valence-electron chi connectivity index (χ4n) is 2.83. The summed E-state index contributed by atoms with van der Waals surface area (Å²) in [7, 11) is 1.62. The monoisotopic (exact) mass is 471 g/mol. The number of nitrogens with zero attached hydrogens (tertiary/aromatic N) is 4. The number of hydrogen-bond donors (Lipinski definition) is 1. The first kappa shape index (κ1) is 21.4. The van der Waals surface area contributed by atoms with Crippen LogP contribution < -0.4 is 10.1 Å². The lowest BCUT2D eigenvalue weighted by molar-refractivity contribution is -0.113. The zero-order valence-electron chi connectivity index (χ0n) is 16.7. The zero-order chi connectivity index (χ0) is 21.8. The Morgan fingerprint density at radius 3 is 2.74 bits per heavy atom. The summed E-state index contributed by atoms with van der Waals surface area (Å²) < 4.78 is 7.24. The maximum absolute atomic E-state index is 12.4. The molecular formula is C21H18ClN5O2S2. The van der Waals surface area contributed by atoms with Crippen LogP contribution in [0.4, 0.5) is 5.13 Å². The van der Waals surface area contributed by atoms with Gasteiger partial charge in [0, 0.05) is 21.7 Å². The van der Waals surface area contributed by atoms with E-state index >= 15 is 0 Å². The lowest BCUT2D eigenvalue weighted by Crippen LogP contribution is -2.14. The topological polar surface area (TPSA) is 81.9 Å². The number of benzene rings is 2. The number of thiazole rings is 1. The van der Waals surface area contributed by atoms with Crippen LogP contribution in [0, 0.1) is 6.92 Å². The van der Waals surface area contributed by atoms with Crippen LogP contribution in [-0.4, -0.2) is 38.5 Å². The molecule has 158 valence electrons. The van der Waals surface area contributed by atoms with Crippen molar-refractivity contribution in [2.45, 2.75) is 12.1 Å². The quantitative estimate of drug-likeness (QED) is 0.378. The molecule has 0 spiro atoms. The molecule has 0 atom stereocenters. The van der Waals surface area contributed by atoms with Crippen LogP contribution in [0.1, 0.15) is 5.69 Å². The molecule has 0 saturated carbocycles. The smallest absolute Gasteiger partial charge is 0.236 e. The Balaban J connectivity index is 1.63. The molecule has 4 aromatic rings. The summed E-state index contributed by atoms with van der Waals surface area (Å²) in [5.41, 5.74) is 2.56. The molecular weight excluding hydrogens is 454 g/mol. The number of ether oxygens (including phenoxy) is 1. The second-order valence-electron chi connectivity index (χ2n) is 6.48. The third-order valence-corrected chi connectivity index (χ3v) is 6.30. The number of methoxy groups -OCH3 is 1. The highest BCUT2D eigenvalue weighted by Gasteiger charge is 2.18. The zero-order valence-corrected chi connectivity index (χ0v) is 19.1. The molecule has 2 aromatic carbocycles. The van der Waals surface area contributed by atoms with Crippen molar-refractivity contribution < 1.29 is 9.53 Å². The van der Waals surface area contributed by atoms with Crippen molar-refractivity contribution >= 4 is 45.7 Å². The van der Waals surface area contributed by atoms with E-state index < -0.39 is 0 Å². The van der Waals surface area contributed by atoms with Crippen LogP contribution in [0.2, 0.25) is 5.02 Å². The Bertz CT molecular complexity index is 1210. The van der Waals surface area contributed by atoms with E-state index in [0.717, 1.165) is 22.7 Å². The summed E-state index contributed by atoms with van der Waals surface area (Å²) in [6.07, 6.45) is 0.